The molecular formula is C14H13BrO3S. The Hall–Kier alpha value is -1.33. The van der Waals surface area contributed by atoms with Gasteiger partial charge in [0.05, 0.1) is 19.8 Å². The molecule has 0 unspecified atom stereocenters. The molecule has 0 saturated heterocycles. The minimum Gasteiger partial charge on any atom is -0.493 e. The highest BCUT2D eigenvalue weighted by Gasteiger charge is 2.17. The monoisotopic (exact) mass is 340 g/mol. The van der Waals surface area contributed by atoms with Crippen LogP contribution in [0.3, 0.4) is 0 Å². The van der Waals surface area contributed by atoms with Gasteiger partial charge in [-0.3, -0.25) is 4.79 Å². The van der Waals surface area contributed by atoms with Gasteiger partial charge in [0.15, 0.2) is 17.3 Å². The number of carbonyl (C=O) groups is 1. The van der Waals surface area contributed by atoms with Crippen molar-refractivity contribution in [3.63, 3.8) is 0 Å². The molecule has 1 heterocycles. The molecule has 2 aromatic rings. The fourth-order valence-electron chi connectivity index (χ4n) is 1.81. The average Bonchev–Trinajstić information content (AvgIpc) is 2.82. The molecule has 0 saturated carbocycles. The lowest BCUT2D eigenvalue weighted by Gasteiger charge is -2.11. The number of hydrogen-bond donors (Lipinski definition) is 0. The molecule has 1 aromatic heterocycles. The zero-order valence-corrected chi connectivity index (χ0v) is 13.0. The molecule has 0 atom stereocenters. The van der Waals surface area contributed by atoms with Gasteiger partial charge < -0.3 is 9.47 Å². The Morgan fingerprint density at radius 1 is 1.32 bits per heavy atom. The molecule has 5 heteroatoms. The first-order valence-corrected chi connectivity index (χ1v) is 7.30. The molecule has 0 aliphatic carbocycles. The largest absolute Gasteiger partial charge is 0.493 e. The predicted octanol–water partition coefficient (Wildman–Crippen LogP) is 3.95. The number of benzene rings is 1. The summed E-state index contributed by atoms with van der Waals surface area (Å²) in [5.74, 6) is 1.08. The highest BCUT2D eigenvalue weighted by Crippen LogP contribution is 2.32. The van der Waals surface area contributed by atoms with Gasteiger partial charge in [0.2, 0.25) is 0 Å². The smallest absolute Gasteiger partial charge is 0.171 e. The number of carbonyl (C=O) groups excluding carboxylic acids is 1. The van der Waals surface area contributed by atoms with Gasteiger partial charge in [0.1, 0.15) is 0 Å². The Morgan fingerprint density at radius 2 is 2.11 bits per heavy atom. The van der Waals surface area contributed by atoms with Crippen molar-refractivity contribution < 1.29 is 14.3 Å². The third-order valence-corrected chi connectivity index (χ3v) is 4.36. The molecule has 0 fully saturated rings. The molecular weight excluding hydrogens is 328 g/mol. The van der Waals surface area contributed by atoms with E-state index in [-0.39, 0.29) is 5.78 Å². The minimum absolute atomic E-state index is 0.0186. The third-order valence-electron chi connectivity index (χ3n) is 2.66. The Labute approximate surface area is 124 Å². The van der Waals surface area contributed by atoms with Crippen LogP contribution >= 0.6 is 27.3 Å². The topological polar surface area (TPSA) is 35.5 Å². The van der Waals surface area contributed by atoms with E-state index in [1.165, 1.54) is 7.11 Å². The molecule has 3 nitrogen and oxygen atoms in total. The highest BCUT2D eigenvalue weighted by atomic mass is 79.9. The Balaban J connectivity index is 2.28. The summed E-state index contributed by atoms with van der Waals surface area (Å²) in [5, 5.41) is 1.96. The second kappa shape index (κ2) is 6.21. The summed E-state index contributed by atoms with van der Waals surface area (Å²) in [6.45, 7) is 0. The maximum absolute atomic E-state index is 12.3. The third kappa shape index (κ3) is 3.16. The fourth-order valence-corrected chi connectivity index (χ4v) is 3.26. The van der Waals surface area contributed by atoms with Crippen molar-refractivity contribution in [2.24, 2.45) is 0 Å². The van der Waals surface area contributed by atoms with Crippen LogP contribution in [0.4, 0.5) is 0 Å². The number of ketones is 1. The number of hydrogen-bond acceptors (Lipinski definition) is 4. The van der Waals surface area contributed by atoms with Crippen LogP contribution < -0.4 is 9.47 Å². The van der Waals surface area contributed by atoms with Gasteiger partial charge in [0.25, 0.3) is 0 Å². The van der Waals surface area contributed by atoms with Crippen LogP contribution in [0.5, 0.6) is 11.5 Å². The van der Waals surface area contributed by atoms with E-state index in [1.54, 1.807) is 36.6 Å². The van der Waals surface area contributed by atoms with Crippen molar-refractivity contribution in [2.45, 2.75) is 6.42 Å². The lowest BCUT2D eigenvalue weighted by Crippen LogP contribution is -2.05. The van der Waals surface area contributed by atoms with Crippen LogP contribution in [-0.4, -0.2) is 20.0 Å². The second-order valence-corrected chi connectivity index (χ2v) is 5.78. The van der Waals surface area contributed by atoms with Gasteiger partial charge in [-0.05, 0) is 34.1 Å². The van der Waals surface area contributed by atoms with Crippen molar-refractivity contribution in [3.8, 4) is 11.5 Å². The summed E-state index contributed by atoms with van der Waals surface area (Å²) in [5.41, 5.74) is 0.548. The van der Waals surface area contributed by atoms with Crippen molar-refractivity contribution in [1.29, 1.82) is 0 Å². The van der Waals surface area contributed by atoms with E-state index in [4.69, 9.17) is 9.47 Å². The minimum atomic E-state index is 0.0186. The van der Waals surface area contributed by atoms with Gasteiger partial charge >= 0.3 is 0 Å². The highest BCUT2D eigenvalue weighted by molar-refractivity contribution is 9.10. The van der Waals surface area contributed by atoms with Gasteiger partial charge in [-0.15, -0.1) is 11.3 Å². The molecule has 2 rings (SSSR count). The summed E-state index contributed by atoms with van der Waals surface area (Å²) in [4.78, 5) is 13.3. The quantitative estimate of drug-likeness (QED) is 0.773. The number of rotatable bonds is 5. The number of methoxy groups -OCH3 is 2. The van der Waals surface area contributed by atoms with E-state index in [1.807, 2.05) is 11.4 Å². The molecule has 0 aliphatic rings. The van der Waals surface area contributed by atoms with Crippen LogP contribution in [0, 0.1) is 0 Å². The number of thiophene rings is 1. The molecule has 1 aromatic carbocycles. The van der Waals surface area contributed by atoms with Crippen LogP contribution in [0.2, 0.25) is 0 Å². The predicted molar refractivity (Wildman–Crippen MR) is 79.6 cm³/mol. The summed E-state index contributed by atoms with van der Waals surface area (Å²) >= 11 is 4.94. The van der Waals surface area contributed by atoms with Gasteiger partial charge in [0, 0.05) is 21.2 Å². The summed E-state index contributed by atoms with van der Waals surface area (Å²) in [6.07, 6.45) is 0.361. The van der Waals surface area contributed by atoms with Crippen LogP contribution in [0.1, 0.15) is 15.2 Å². The van der Waals surface area contributed by atoms with Crippen LogP contribution in [0.15, 0.2) is 34.1 Å². The van der Waals surface area contributed by atoms with E-state index in [0.29, 0.717) is 23.5 Å². The molecule has 100 valence electrons. The number of halogens is 1. The summed E-state index contributed by atoms with van der Waals surface area (Å²) in [7, 11) is 3.10. The zero-order chi connectivity index (χ0) is 13.8. The molecule has 0 amide bonds. The van der Waals surface area contributed by atoms with Crippen LogP contribution in [-0.2, 0) is 6.42 Å². The van der Waals surface area contributed by atoms with E-state index in [9.17, 15) is 4.79 Å². The SMILES string of the molecule is COc1cccc(C(=O)Cc2cc(Br)cs2)c1OC. The van der Waals surface area contributed by atoms with Crippen molar-refractivity contribution in [3.05, 3.63) is 44.6 Å². The van der Waals surface area contributed by atoms with E-state index in [0.717, 1.165) is 9.35 Å². The van der Waals surface area contributed by atoms with Gasteiger partial charge in [-0.2, -0.15) is 0 Å². The average molecular weight is 341 g/mol. The van der Waals surface area contributed by atoms with Crippen molar-refractivity contribution in [2.75, 3.05) is 14.2 Å². The lowest BCUT2D eigenvalue weighted by molar-refractivity contribution is 0.0990. The van der Waals surface area contributed by atoms with E-state index in [2.05, 4.69) is 15.9 Å². The molecule has 0 N–H and O–H groups in total. The first-order valence-electron chi connectivity index (χ1n) is 5.62. The number of para-hydroxylation sites is 1. The standard InChI is InChI=1S/C14H13BrO3S/c1-17-13-5-3-4-11(14(13)18-2)12(16)7-10-6-9(15)8-19-10/h3-6,8H,7H2,1-2H3. The van der Waals surface area contributed by atoms with E-state index < -0.39 is 0 Å². The fraction of sp³-hybridized carbons (Fsp3) is 0.214. The number of Topliss-reactive ketones (excluding diaryl/α,β-unsaturated/α-hetero) is 1. The Bertz CT molecular complexity index is 592. The van der Waals surface area contributed by atoms with Gasteiger partial charge in [-0.25, -0.2) is 0 Å². The molecule has 0 aliphatic heterocycles. The molecule has 0 spiro atoms. The molecule has 0 radical (unpaired) electrons. The first-order chi connectivity index (χ1) is 9.15. The Morgan fingerprint density at radius 3 is 2.68 bits per heavy atom. The van der Waals surface area contributed by atoms with Crippen molar-refractivity contribution in [1.82, 2.24) is 0 Å². The van der Waals surface area contributed by atoms with Crippen LogP contribution in [0.25, 0.3) is 0 Å². The summed E-state index contributed by atoms with van der Waals surface area (Å²) in [6, 6.07) is 7.28. The first kappa shape index (κ1) is 14.1. The maximum atomic E-state index is 12.3. The Kier molecular flexibility index (Phi) is 4.61. The molecule has 19 heavy (non-hydrogen) atoms. The normalized spacial score (nSPS) is 10.3. The zero-order valence-electron chi connectivity index (χ0n) is 10.6. The number of ether oxygens (including phenoxy) is 2. The molecule has 0 bridgehead atoms. The van der Waals surface area contributed by atoms with Crippen molar-refractivity contribution >= 4 is 33.0 Å². The second-order valence-electron chi connectivity index (χ2n) is 3.87. The maximum Gasteiger partial charge on any atom is 0.171 e. The van der Waals surface area contributed by atoms with E-state index >= 15 is 0 Å². The summed E-state index contributed by atoms with van der Waals surface area (Å²) < 4.78 is 11.5. The lowest BCUT2D eigenvalue weighted by atomic mass is 10.1. The van der Waals surface area contributed by atoms with Gasteiger partial charge in [-0.1, -0.05) is 6.07 Å².